The van der Waals surface area contributed by atoms with E-state index in [9.17, 15) is 0 Å². The normalized spacial score (nSPS) is 14.5. The minimum atomic E-state index is -0.243. The summed E-state index contributed by atoms with van der Waals surface area (Å²) in [7, 11) is 0. The van der Waals surface area contributed by atoms with Crippen LogP contribution in [0.15, 0.2) is 205 Å². The third kappa shape index (κ3) is 5.35. The SMILES string of the molecule is CC1(c2ccccc2)c2ccccc2-c2c(-c3ccc(-c4cc(-c5ccc(-c6cccc7c6oc6ccccc67)cc5)nc(-c5ccccc5)n4)cc3)cccc21. The first-order chi connectivity index (χ1) is 28.1. The molecule has 3 nitrogen and oxygen atoms in total. The first kappa shape index (κ1) is 33.0. The summed E-state index contributed by atoms with van der Waals surface area (Å²) in [6, 6.07) is 71.0. The van der Waals surface area contributed by atoms with E-state index in [1.165, 1.54) is 38.9 Å². The molecular weight excluding hydrogens is 693 g/mol. The monoisotopic (exact) mass is 728 g/mol. The Hall–Kier alpha value is -7.36. The maximum atomic E-state index is 6.36. The van der Waals surface area contributed by atoms with E-state index < -0.39 is 0 Å². The van der Waals surface area contributed by atoms with Crippen LogP contribution in [0.1, 0.15) is 23.6 Å². The van der Waals surface area contributed by atoms with Gasteiger partial charge >= 0.3 is 0 Å². The molecule has 0 N–H and O–H groups in total. The number of furan rings is 1. The summed E-state index contributed by atoms with van der Waals surface area (Å²) in [4.78, 5) is 10.3. The lowest BCUT2D eigenvalue weighted by Gasteiger charge is -2.28. The van der Waals surface area contributed by atoms with E-state index in [0.717, 1.165) is 61.1 Å². The van der Waals surface area contributed by atoms with Crippen molar-refractivity contribution >= 4 is 21.9 Å². The molecule has 0 amide bonds. The Labute approximate surface area is 331 Å². The Morgan fingerprint density at radius 1 is 0.404 bits per heavy atom. The van der Waals surface area contributed by atoms with E-state index >= 15 is 0 Å². The third-order valence-corrected chi connectivity index (χ3v) is 11.8. The van der Waals surface area contributed by atoms with Crippen LogP contribution in [0.25, 0.3) is 89.2 Å². The van der Waals surface area contributed by atoms with Crippen LogP contribution < -0.4 is 0 Å². The molecular formula is C54H36N2O. The molecule has 1 aliphatic rings. The molecule has 1 atom stereocenters. The Balaban J connectivity index is 0.981. The Bertz CT molecular complexity index is 3110. The fourth-order valence-electron chi connectivity index (χ4n) is 8.94. The van der Waals surface area contributed by atoms with Crippen LogP contribution in [0.5, 0.6) is 0 Å². The largest absolute Gasteiger partial charge is 0.455 e. The Morgan fingerprint density at radius 2 is 0.930 bits per heavy atom. The first-order valence-electron chi connectivity index (χ1n) is 19.5. The van der Waals surface area contributed by atoms with Gasteiger partial charge in [0.05, 0.1) is 11.4 Å². The van der Waals surface area contributed by atoms with Gasteiger partial charge in [-0.25, -0.2) is 9.97 Å². The van der Waals surface area contributed by atoms with E-state index in [1.807, 2.05) is 30.3 Å². The van der Waals surface area contributed by atoms with Crippen LogP contribution >= 0.6 is 0 Å². The van der Waals surface area contributed by atoms with Crippen molar-refractivity contribution in [1.82, 2.24) is 9.97 Å². The number of rotatable bonds is 6. The van der Waals surface area contributed by atoms with E-state index in [1.54, 1.807) is 0 Å². The van der Waals surface area contributed by atoms with E-state index in [4.69, 9.17) is 14.4 Å². The first-order valence-corrected chi connectivity index (χ1v) is 19.5. The van der Waals surface area contributed by atoms with Gasteiger partial charge in [0, 0.05) is 38.4 Å². The van der Waals surface area contributed by atoms with Gasteiger partial charge in [-0.05, 0) is 63.6 Å². The quantitative estimate of drug-likeness (QED) is 0.171. The number of hydrogen-bond acceptors (Lipinski definition) is 3. The topological polar surface area (TPSA) is 38.9 Å². The zero-order valence-electron chi connectivity index (χ0n) is 31.4. The fraction of sp³-hybridized carbons (Fsp3) is 0.0370. The number of fused-ring (bicyclic) bond motifs is 6. The van der Waals surface area contributed by atoms with E-state index in [-0.39, 0.29) is 5.41 Å². The van der Waals surface area contributed by atoms with Gasteiger partial charge in [-0.3, -0.25) is 0 Å². The molecule has 2 aromatic heterocycles. The van der Waals surface area contributed by atoms with Crippen LogP contribution in [0.2, 0.25) is 0 Å². The van der Waals surface area contributed by atoms with Crippen molar-refractivity contribution < 1.29 is 4.42 Å². The average Bonchev–Trinajstić information content (AvgIpc) is 3.80. The minimum Gasteiger partial charge on any atom is -0.455 e. The zero-order chi connectivity index (χ0) is 37.9. The predicted octanol–water partition coefficient (Wildman–Crippen LogP) is 14.0. The van der Waals surface area contributed by atoms with Crippen molar-refractivity contribution in [1.29, 1.82) is 0 Å². The van der Waals surface area contributed by atoms with Crippen LogP contribution in [-0.2, 0) is 5.41 Å². The summed E-state index contributed by atoms with van der Waals surface area (Å²) in [6.07, 6.45) is 0. The van der Waals surface area contributed by atoms with Gasteiger partial charge in [0.25, 0.3) is 0 Å². The van der Waals surface area contributed by atoms with Crippen molar-refractivity contribution in [3.05, 3.63) is 217 Å². The Kier molecular flexibility index (Phi) is 7.61. The maximum Gasteiger partial charge on any atom is 0.160 e. The average molecular weight is 729 g/mol. The van der Waals surface area contributed by atoms with Crippen molar-refractivity contribution in [3.63, 3.8) is 0 Å². The highest BCUT2D eigenvalue weighted by atomic mass is 16.3. The molecule has 3 heteroatoms. The molecule has 0 fully saturated rings. The standard InChI is InChI=1S/C54H36N2O/c1-54(40-16-6-3-7-17-40)46-23-10-8-19-45(46)51-41(20-13-24-47(51)54)35-26-30-37(31-27-35)48-34-49(56-53(55-48)39-14-4-2-5-15-39)38-32-28-36(29-33-38)42-21-12-22-44-43-18-9-11-25-50(43)57-52(42)44/h2-34H,1H3. The number of benzene rings is 8. The summed E-state index contributed by atoms with van der Waals surface area (Å²) in [5, 5.41) is 2.25. The summed E-state index contributed by atoms with van der Waals surface area (Å²) >= 11 is 0. The van der Waals surface area contributed by atoms with Crippen molar-refractivity contribution in [2.45, 2.75) is 12.3 Å². The molecule has 0 radical (unpaired) electrons. The van der Waals surface area contributed by atoms with E-state index in [0.29, 0.717) is 5.82 Å². The lowest BCUT2D eigenvalue weighted by molar-refractivity contribution is 0.670. The molecule has 0 spiro atoms. The molecule has 2 heterocycles. The van der Waals surface area contributed by atoms with Gasteiger partial charge < -0.3 is 4.42 Å². The molecule has 1 aliphatic carbocycles. The molecule has 1 unspecified atom stereocenters. The fourth-order valence-corrected chi connectivity index (χ4v) is 8.94. The van der Waals surface area contributed by atoms with Gasteiger partial charge in [0.2, 0.25) is 0 Å². The maximum absolute atomic E-state index is 6.36. The van der Waals surface area contributed by atoms with Crippen molar-refractivity contribution in [2.75, 3.05) is 0 Å². The highest BCUT2D eigenvalue weighted by Crippen LogP contribution is 2.55. The second-order valence-electron chi connectivity index (χ2n) is 15.0. The molecule has 57 heavy (non-hydrogen) atoms. The molecule has 10 aromatic rings. The highest BCUT2D eigenvalue weighted by molar-refractivity contribution is 6.09. The second-order valence-corrected chi connectivity index (χ2v) is 15.0. The summed E-state index contributed by atoms with van der Waals surface area (Å²) in [5.41, 5.74) is 17.5. The molecule has 0 bridgehead atoms. The lowest BCUT2D eigenvalue weighted by atomic mass is 9.74. The number of hydrogen-bond donors (Lipinski definition) is 0. The number of para-hydroxylation sites is 2. The third-order valence-electron chi connectivity index (χ3n) is 11.8. The van der Waals surface area contributed by atoms with Gasteiger partial charge in [-0.2, -0.15) is 0 Å². The number of aromatic nitrogens is 2. The predicted molar refractivity (Wildman–Crippen MR) is 234 cm³/mol. The van der Waals surface area contributed by atoms with Crippen molar-refractivity contribution in [2.24, 2.45) is 0 Å². The van der Waals surface area contributed by atoms with Gasteiger partial charge in [-0.1, -0.05) is 188 Å². The minimum absolute atomic E-state index is 0.243. The summed E-state index contributed by atoms with van der Waals surface area (Å²) < 4.78 is 6.36. The molecule has 11 rings (SSSR count). The highest BCUT2D eigenvalue weighted by Gasteiger charge is 2.41. The second kappa shape index (κ2) is 13.1. The molecule has 268 valence electrons. The van der Waals surface area contributed by atoms with Gasteiger partial charge in [0.1, 0.15) is 11.2 Å². The van der Waals surface area contributed by atoms with Crippen LogP contribution in [-0.4, -0.2) is 9.97 Å². The summed E-state index contributed by atoms with van der Waals surface area (Å²) in [5.74, 6) is 0.695. The smallest absolute Gasteiger partial charge is 0.160 e. The van der Waals surface area contributed by atoms with Crippen LogP contribution in [0.3, 0.4) is 0 Å². The molecule has 0 saturated carbocycles. The van der Waals surface area contributed by atoms with Crippen LogP contribution in [0.4, 0.5) is 0 Å². The molecule has 0 saturated heterocycles. The molecule has 0 aliphatic heterocycles. The lowest BCUT2D eigenvalue weighted by Crippen LogP contribution is -2.22. The Morgan fingerprint density at radius 3 is 1.67 bits per heavy atom. The van der Waals surface area contributed by atoms with Crippen molar-refractivity contribution in [3.8, 4) is 67.3 Å². The van der Waals surface area contributed by atoms with Gasteiger partial charge in [0.15, 0.2) is 5.82 Å². The number of nitrogens with zero attached hydrogens (tertiary/aromatic N) is 2. The van der Waals surface area contributed by atoms with Gasteiger partial charge in [-0.15, -0.1) is 0 Å². The summed E-state index contributed by atoms with van der Waals surface area (Å²) in [6.45, 7) is 2.37. The van der Waals surface area contributed by atoms with E-state index in [2.05, 4.69) is 177 Å². The zero-order valence-corrected chi connectivity index (χ0v) is 31.4. The van der Waals surface area contributed by atoms with Crippen LogP contribution in [0, 0.1) is 0 Å². The molecule has 8 aromatic carbocycles.